The van der Waals surface area contributed by atoms with Gasteiger partial charge in [0.1, 0.15) is 0 Å². The highest BCUT2D eigenvalue weighted by molar-refractivity contribution is 5.96. The van der Waals surface area contributed by atoms with E-state index in [0.29, 0.717) is 12.1 Å². The Morgan fingerprint density at radius 1 is 0.403 bits per heavy atom. The van der Waals surface area contributed by atoms with Crippen molar-refractivity contribution in [2.75, 3.05) is 0 Å². The number of nitrogens with zero attached hydrogens (tertiary/aromatic N) is 1. The third-order valence-electron chi connectivity index (χ3n) is 10.1. The highest BCUT2D eigenvalue weighted by atomic mass is 19.4. The van der Waals surface area contributed by atoms with Crippen molar-refractivity contribution in [3.63, 3.8) is 0 Å². The van der Waals surface area contributed by atoms with Gasteiger partial charge in [0.05, 0.1) is 5.69 Å². The summed E-state index contributed by atoms with van der Waals surface area (Å²) in [6, 6.07) is -0.921. The number of carbonyl (C=O) groups excluding carboxylic acids is 2. The average Bonchev–Trinajstić information content (AvgIpc) is 3.21. The van der Waals surface area contributed by atoms with Gasteiger partial charge in [0.2, 0.25) is 6.08 Å². The lowest BCUT2D eigenvalue weighted by atomic mass is 9.81. The Morgan fingerprint density at radius 2 is 0.623 bits per heavy atom. The van der Waals surface area contributed by atoms with Gasteiger partial charge >= 0.3 is 119 Å². The molecule has 0 aromatic heterocycles. The van der Waals surface area contributed by atoms with Crippen LogP contribution >= 0.6 is 0 Å². The fourth-order valence-corrected chi connectivity index (χ4v) is 5.45. The molecule has 1 aromatic rings. The Morgan fingerprint density at radius 3 is 0.831 bits per heavy atom. The highest BCUT2D eigenvalue weighted by Crippen LogP contribution is 2.71. The number of nitrogens with one attached hydrogen (secondary N) is 1. The van der Waals surface area contributed by atoms with E-state index in [1.54, 1.807) is 0 Å². The summed E-state index contributed by atoms with van der Waals surface area (Å²) in [6.45, 7) is 0.852. The maximum atomic E-state index is 14.5. The van der Waals surface area contributed by atoms with Gasteiger partial charge in [-0.05, 0) is 37.6 Å². The van der Waals surface area contributed by atoms with Crippen LogP contribution in [0.4, 0.5) is 186 Å². The molecular weight excluding hydrogens is 1220 g/mol. The predicted molar refractivity (Wildman–Crippen MR) is 161 cm³/mol. The number of rotatable bonds is 23. The molecule has 450 valence electrons. The minimum atomic E-state index is -10.7. The molecule has 1 amide bonds. The van der Waals surface area contributed by atoms with E-state index in [1.807, 2.05) is 0 Å². The number of isocyanates is 1. The van der Waals surface area contributed by atoms with Gasteiger partial charge in [0, 0.05) is 18.0 Å². The summed E-state index contributed by atoms with van der Waals surface area (Å²) in [7, 11) is 0. The Bertz CT molecular complexity index is 2390. The average molecular weight is 1240 g/mol. The molecule has 4 nitrogen and oxygen atoms in total. The Kier molecular flexibility index (Phi) is 17.0. The van der Waals surface area contributed by atoms with Gasteiger partial charge in [-0.3, -0.25) is 4.79 Å². The topological polar surface area (TPSA) is 58.5 Å². The first-order chi connectivity index (χ1) is 33.0. The second-order valence-electron chi connectivity index (χ2n) is 15.3. The van der Waals surface area contributed by atoms with Crippen LogP contribution in [0.5, 0.6) is 0 Å². The summed E-state index contributed by atoms with van der Waals surface area (Å²) in [5.41, 5.74) is -1.55. The molecular formula is C32H13F41N2O2. The van der Waals surface area contributed by atoms with Crippen LogP contribution in [-0.4, -0.2) is 137 Å². The number of carbonyl (C=O) groups is 1. The molecule has 0 aliphatic rings. The number of aliphatic imine (C=N–C) groups is 1. The van der Waals surface area contributed by atoms with Gasteiger partial charge < -0.3 is 5.32 Å². The minimum Gasteiger partial charge on any atom is -0.349 e. The summed E-state index contributed by atoms with van der Waals surface area (Å²) in [6.07, 6.45) is -11.0. The van der Waals surface area contributed by atoms with Crippen molar-refractivity contribution in [3.05, 3.63) is 29.3 Å². The van der Waals surface area contributed by atoms with Crippen molar-refractivity contribution in [2.24, 2.45) is 4.99 Å². The van der Waals surface area contributed by atoms with E-state index >= 15 is 0 Å². The fraction of sp³-hybridized carbons (Fsp3) is 0.750. The van der Waals surface area contributed by atoms with E-state index in [4.69, 9.17) is 0 Å². The van der Waals surface area contributed by atoms with E-state index in [-0.39, 0.29) is 18.2 Å². The maximum Gasteiger partial charge on any atom is 0.460 e. The molecule has 0 bridgehead atoms. The Labute approximate surface area is 392 Å². The summed E-state index contributed by atoms with van der Waals surface area (Å²) >= 11 is 0. The number of halogens is 41. The van der Waals surface area contributed by atoms with E-state index in [0.717, 1.165) is 19.1 Å². The van der Waals surface area contributed by atoms with Crippen LogP contribution in [0.15, 0.2) is 23.2 Å². The standard InChI is InChI=1S/C32H13F41N2O2/c1-8-5-10(74-7-76)3-4-11(8)12(77)75-9(2)6-13(33,34)14(35,36)15(37,38)16(39,40)17(41,42)18(43,44)19(45,46)20(47,48)21(49,50)22(51,52)23(53,54)24(55,56)25(57,58)26(59,60)27(61,62)28(63,64)29(65,66)30(67,68)31(69,70)32(71,72)73/h3-5,9H,6H2,1-2H3,(H,75,77). The van der Waals surface area contributed by atoms with Crippen LogP contribution in [0.3, 0.4) is 0 Å². The summed E-state index contributed by atoms with van der Waals surface area (Å²) in [5, 5.41) is 1.17. The lowest BCUT2D eigenvalue weighted by molar-refractivity contribution is -0.495. The molecule has 1 atom stereocenters. The van der Waals surface area contributed by atoms with Crippen molar-refractivity contribution in [1.29, 1.82) is 0 Å². The second kappa shape index (κ2) is 18.6. The number of alkyl halides is 41. The van der Waals surface area contributed by atoms with Gasteiger partial charge in [-0.1, -0.05) is 0 Å². The quantitative estimate of drug-likeness (QED) is 0.0674. The van der Waals surface area contributed by atoms with Crippen LogP contribution in [-0.2, 0) is 4.79 Å². The van der Waals surface area contributed by atoms with Crippen LogP contribution in [0.2, 0.25) is 0 Å². The molecule has 77 heavy (non-hydrogen) atoms. The first kappa shape index (κ1) is 70.2. The molecule has 1 N–H and O–H groups in total. The zero-order valence-corrected chi connectivity index (χ0v) is 34.8. The van der Waals surface area contributed by atoms with Gasteiger partial charge in [-0.15, -0.1) is 0 Å². The normalized spacial score (nSPS) is 16.6. The minimum absolute atomic E-state index is 0.0390. The SMILES string of the molecule is Cc1cc(N=C=O)ccc1C(=O)NC(C)CC(F)(F)C(F)(F)C(F)(F)C(F)(F)C(F)(F)C(F)(F)C(F)(F)C(F)(F)C(F)(F)C(F)(F)C(F)(F)C(F)(F)C(F)(F)C(F)(F)C(F)(F)C(F)(F)C(F)(F)C(F)(F)C(F)(F)C(F)(F)F. The molecule has 1 aromatic carbocycles. The Hall–Kier alpha value is -4.80. The monoisotopic (exact) mass is 1240 g/mol. The van der Waals surface area contributed by atoms with E-state index in [1.165, 1.54) is 5.32 Å². The summed E-state index contributed by atoms with van der Waals surface area (Å²) in [5.74, 6) is -191. The molecule has 0 aliphatic carbocycles. The van der Waals surface area contributed by atoms with Crippen LogP contribution < -0.4 is 5.32 Å². The number of amides is 1. The highest BCUT2D eigenvalue weighted by Gasteiger charge is 3.03. The molecule has 0 aliphatic heterocycles. The molecule has 0 saturated heterocycles. The summed E-state index contributed by atoms with van der Waals surface area (Å²) in [4.78, 5) is 25.6. The van der Waals surface area contributed by atoms with Crippen molar-refractivity contribution in [3.8, 4) is 0 Å². The van der Waals surface area contributed by atoms with Gasteiger partial charge in [0.25, 0.3) is 5.91 Å². The molecule has 0 saturated carbocycles. The molecule has 0 fully saturated rings. The predicted octanol–water partition coefficient (Wildman–Crippen LogP) is 15.1. The third-order valence-corrected chi connectivity index (χ3v) is 10.1. The zero-order chi connectivity index (χ0) is 62.8. The molecule has 45 heteroatoms. The smallest absolute Gasteiger partial charge is 0.349 e. The first-order valence-electron chi connectivity index (χ1n) is 17.7. The van der Waals surface area contributed by atoms with Gasteiger partial charge in [-0.2, -0.15) is 185 Å². The maximum absolute atomic E-state index is 14.5. The van der Waals surface area contributed by atoms with Gasteiger partial charge in [-0.25, -0.2) is 4.79 Å². The molecule has 1 unspecified atom stereocenters. The number of hydrogen-bond acceptors (Lipinski definition) is 3. The van der Waals surface area contributed by atoms with Crippen LogP contribution in [0, 0.1) is 6.92 Å². The third kappa shape index (κ3) is 8.95. The summed E-state index contributed by atoms with van der Waals surface area (Å²) < 4.78 is 572. The number of aryl methyl sites for hydroxylation is 1. The first-order valence-corrected chi connectivity index (χ1v) is 17.7. The number of benzene rings is 1. The van der Waals surface area contributed by atoms with Crippen molar-refractivity contribution < 1.29 is 190 Å². The fourth-order valence-electron chi connectivity index (χ4n) is 5.45. The number of hydrogen-bond donors (Lipinski definition) is 1. The largest absolute Gasteiger partial charge is 0.460 e. The molecule has 1 rings (SSSR count). The lowest BCUT2D eigenvalue weighted by Crippen LogP contribution is -2.80. The van der Waals surface area contributed by atoms with E-state index < -0.39 is 143 Å². The van der Waals surface area contributed by atoms with E-state index in [2.05, 4.69) is 4.99 Å². The van der Waals surface area contributed by atoms with Crippen molar-refractivity contribution in [1.82, 2.24) is 5.32 Å². The lowest BCUT2D eigenvalue weighted by Gasteiger charge is -2.47. The molecule has 0 radical (unpaired) electrons. The molecule has 0 spiro atoms. The van der Waals surface area contributed by atoms with E-state index in [9.17, 15) is 190 Å². The molecule has 0 heterocycles. The van der Waals surface area contributed by atoms with Crippen LogP contribution in [0.1, 0.15) is 29.3 Å². The van der Waals surface area contributed by atoms with Gasteiger partial charge in [0.15, 0.2) is 0 Å². The zero-order valence-electron chi connectivity index (χ0n) is 34.8. The van der Waals surface area contributed by atoms with Crippen molar-refractivity contribution in [2.45, 2.75) is 145 Å². The Balaban J connectivity index is 4.00. The van der Waals surface area contributed by atoms with Crippen LogP contribution in [0.25, 0.3) is 0 Å². The van der Waals surface area contributed by atoms with Crippen molar-refractivity contribution >= 4 is 17.7 Å². The second-order valence-corrected chi connectivity index (χ2v) is 15.3.